The third-order valence-corrected chi connectivity index (χ3v) is 3.95. The van der Waals surface area contributed by atoms with Crippen molar-refractivity contribution >= 4 is 12.1 Å². The first-order chi connectivity index (χ1) is 11.2. The summed E-state index contributed by atoms with van der Waals surface area (Å²) >= 11 is 0. The lowest BCUT2D eigenvalue weighted by Crippen LogP contribution is -2.41. The third-order valence-electron chi connectivity index (χ3n) is 3.95. The van der Waals surface area contributed by atoms with E-state index in [4.69, 9.17) is 9.47 Å². The standard InChI is InChI=1S/C18H25NO5/c1-17(2,3)24-16(22)19-10-9-18(12-19,15(20)21)13-23-11-14-7-5-4-6-8-14/h4-8H,9-13H2,1-3H3,(H,20,21)/t18-/m0/s1. The van der Waals surface area contributed by atoms with Crippen LogP contribution in [-0.4, -0.2) is 47.4 Å². The van der Waals surface area contributed by atoms with E-state index < -0.39 is 23.1 Å². The fraction of sp³-hybridized carbons (Fsp3) is 0.556. The lowest BCUT2D eigenvalue weighted by Gasteiger charge is -2.27. The maximum absolute atomic E-state index is 12.1. The number of carboxylic acids is 1. The second-order valence-electron chi connectivity index (χ2n) is 7.22. The van der Waals surface area contributed by atoms with Crippen molar-refractivity contribution in [2.24, 2.45) is 5.41 Å². The average Bonchev–Trinajstić information content (AvgIpc) is 2.93. The van der Waals surface area contributed by atoms with Crippen molar-refractivity contribution in [1.29, 1.82) is 0 Å². The molecule has 0 aromatic heterocycles. The Bertz CT molecular complexity index is 581. The number of rotatable bonds is 5. The highest BCUT2D eigenvalue weighted by molar-refractivity contribution is 5.78. The van der Waals surface area contributed by atoms with Crippen LogP contribution in [0, 0.1) is 5.41 Å². The molecule has 1 saturated heterocycles. The number of carboxylic acid groups (broad SMARTS) is 1. The lowest BCUT2D eigenvalue weighted by atomic mass is 9.88. The maximum atomic E-state index is 12.1. The van der Waals surface area contributed by atoms with Crippen molar-refractivity contribution in [3.63, 3.8) is 0 Å². The van der Waals surface area contributed by atoms with Gasteiger partial charge >= 0.3 is 12.1 Å². The fourth-order valence-electron chi connectivity index (χ4n) is 2.65. The summed E-state index contributed by atoms with van der Waals surface area (Å²) in [5.74, 6) is -0.943. The van der Waals surface area contributed by atoms with Crippen LogP contribution >= 0.6 is 0 Å². The number of hydrogen-bond donors (Lipinski definition) is 1. The summed E-state index contributed by atoms with van der Waals surface area (Å²) in [7, 11) is 0. The monoisotopic (exact) mass is 335 g/mol. The average molecular weight is 335 g/mol. The molecule has 2 rings (SSSR count). The topological polar surface area (TPSA) is 76.1 Å². The van der Waals surface area contributed by atoms with Gasteiger partial charge < -0.3 is 19.5 Å². The van der Waals surface area contributed by atoms with Crippen molar-refractivity contribution in [2.75, 3.05) is 19.7 Å². The number of amides is 1. The summed E-state index contributed by atoms with van der Waals surface area (Å²) in [6, 6.07) is 9.58. The molecule has 0 radical (unpaired) electrons. The van der Waals surface area contributed by atoms with Gasteiger partial charge in [-0.25, -0.2) is 4.79 Å². The SMILES string of the molecule is CC(C)(C)OC(=O)N1CC[C@](COCc2ccccc2)(C(=O)O)C1. The molecule has 0 saturated carbocycles. The number of carbonyl (C=O) groups is 2. The third kappa shape index (κ3) is 4.71. The largest absolute Gasteiger partial charge is 0.481 e. The smallest absolute Gasteiger partial charge is 0.410 e. The maximum Gasteiger partial charge on any atom is 0.410 e. The van der Waals surface area contributed by atoms with Crippen LogP contribution in [0.2, 0.25) is 0 Å². The van der Waals surface area contributed by atoms with Gasteiger partial charge in [-0.2, -0.15) is 0 Å². The Morgan fingerprint density at radius 1 is 1.25 bits per heavy atom. The number of carbonyl (C=O) groups excluding carboxylic acids is 1. The minimum absolute atomic E-state index is 0.0660. The Balaban J connectivity index is 1.94. The van der Waals surface area contributed by atoms with Crippen LogP contribution in [0.1, 0.15) is 32.8 Å². The van der Waals surface area contributed by atoms with E-state index in [2.05, 4.69) is 0 Å². The molecule has 1 aromatic rings. The first-order valence-electron chi connectivity index (χ1n) is 8.05. The molecule has 1 N–H and O–H groups in total. The number of ether oxygens (including phenoxy) is 2. The molecular weight excluding hydrogens is 310 g/mol. The molecule has 24 heavy (non-hydrogen) atoms. The van der Waals surface area contributed by atoms with E-state index in [0.29, 0.717) is 19.6 Å². The van der Waals surface area contributed by atoms with Crippen molar-refractivity contribution in [1.82, 2.24) is 4.90 Å². The predicted octanol–water partition coefficient (Wildman–Crippen LogP) is 2.92. The molecule has 0 aliphatic carbocycles. The molecule has 1 amide bonds. The summed E-state index contributed by atoms with van der Waals surface area (Å²) in [6.45, 7) is 6.23. The summed E-state index contributed by atoms with van der Waals surface area (Å²) in [6.07, 6.45) is -0.121. The Morgan fingerprint density at radius 3 is 2.50 bits per heavy atom. The lowest BCUT2D eigenvalue weighted by molar-refractivity contribution is -0.152. The van der Waals surface area contributed by atoms with Gasteiger partial charge in [0, 0.05) is 13.1 Å². The van der Waals surface area contributed by atoms with Crippen LogP contribution < -0.4 is 0 Å². The van der Waals surface area contributed by atoms with Gasteiger partial charge in [0.2, 0.25) is 0 Å². The number of aliphatic carboxylic acids is 1. The zero-order valence-corrected chi connectivity index (χ0v) is 14.4. The second kappa shape index (κ2) is 7.21. The number of hydrogen-bond acceptors (Lipinski definition) is 4. The molecule has 6 nitrogen and oxygen atoms in total. The molecule has 1 heterocycles. The highest BCUT2D eigenvalue weighted by atomic mass is 16.6. The summed E-state index contributed by atoms with van der Waals surface area (Å²) in [5.41, 5.74) is -0.693. The van der Waals surface area contributed by atoms with E-state index in [-0.39, 0.29) is 13.2 Å². The van der Waals surface area contributed by atoms with Crippen molar-refractivity contribution in [3.8, 4) is 0 Å². The van der Waals surface area contributed by atoms with Gasteiger partial charge in [-0.1, -0.05) is 30.3 Å². The molecule has 1 aliphatic heterocycles. The van der Waals surface area contributed by atoms with E-state index >= 15 is 0 Å². The zero-order chi connectivity index (χ0) is 17.8. The van der Waals surface area contributed by atoms with E-state index in [1.807, 2.05) is 30.3 Å². The van der Waals surface area contributed by atoms with Crippen molar-refractivity contribution < 1.29 is 24.2 Å². The normalized spacial score (nSPS) is 20.9. The van der Waals surface area contributed by atoms with Gasteiger partial charge in [0.15, 0.2) is 0 Å². The van der Waals surface area contributed by atoms with E-state index in [1.165, 1.54) is 4.90 Å². The zero-order valence-electron chi connectivity index (χ0n) is 14.4. The van der Waals surface area contributed by atoms with Gasteiger partial charge in [-0.3, -0.25) is 4.79 Å². The fourth-order valence-corrected chi connectivity index (χ4v) is 2.65. The first-order valence-corrected chi connectivity index (χ1v) is 8.05. The Labute approximate surface area is 142 Å². The van der Waals surface area contributed by atoms with Crippen molar-refractivity contribution in [3.05, 3.63) is 35.9 Å². The van der Waals surface area contributed by atoms with Crippen LogP contribution in [0.3, 0.4) is 0 Å². The van der Waals surface area contributed by atoms with Gasteiger partial charge in [0.25, 0.3) is 0 Å². The number of nitrogens with zero attached hydrogens (tertiary/aromatic N) is 1. The van der Waals surface area contributed by atoms with Crippen LogP contribution in [0.5, 0.6) is 0 Å². The van der Waals surface area contributed by atoms with Crippen LogP contribution in [0.4, 0.5) is 4.79 Å². The molecular formula is C18H25NO5. The molecule has 0 bridgehead atoms. The van der Waals surface area contributed by atoms with Crippen LogP contribution in [-0.2, 0) is 20.9 Å². The molecule has 6 heteroatoms. The Kier molecular flexibility index (Phi) is 5.49. The van der Waals surface area contributed by atoms with Crippen LogP contribution in [0.15, 0.2) is 30.3 Å². The molecule has 1 fully saturated rings. The highest BCUT2D eigenvalue weighted by Gasteiger charge is 2.47. The Morgan fingerprint density at radius 2 is 1.92 bits per heavy atom. The molecule has 1 aliphatic rings. The predicted molar refractivity (Wildman–Crippen MR) is 88.6 cm³/mol. The van der Waals surface area contributed by atoms with E-state index in [0.717, 1.165) is 5.56 Å². The van der Waals surface area contributed by atoms with E-state index in [9.17, 15) is 14.7 Å². The second-order valence-corrected chi connectivity index (χ2v) is 7.22. The molecule has 1 aromatic carbocycles. The number of likely N-dealkylation sites (tertiary alicyclic amines) is 1. The minimum Gasteiger partial charge on any atom is -0.481 e. The quantitative estimate of drug-likeness (QED) is 0.895. The first kappa shape index (κ1) is 18.3. The summed E-state index contributed by atoms with van der Waals surface area (Å²) < 4.78 is 11.0. The van der Waals surface area contributed by atoms with Gasteiger partial charge in [-0.15, -0.1) is 0 Å². The van der Waals surface area contributed by atoms with E-state index in [1.54, 1.807) is 20.8 Å². The van der Waals surface area contributed by atoms with Crippen molar-refractivity contribution in [2.45, 2.75) is 39.4 Å². The van der Waals surface area contributed by atoms with Gasteiger partial charge in [-0.05, 0) is 32.8 Å². The molecule has 1 atom stereocenters. The van der Waals surface area contributed by atoms with Gasteiger partial charge in [0.1, 0.15) is 11.0 Å². The highest BCUT2D eigenvalue weighted by Crippen LogP contribution is 2.32. The summed E-state index contributed by atoms with van der Waals surface area (Å²) in [5, 5.41) is 9.63. The molecule has 132 valence electrons. The Hall–Kier alpha value is -2.08. The van der Waals surface area contributed by atoms with Gasteiger partial charge in [0.05, 0.1) is 13.2 Å². The van der Waals surface area contributed by atoms with Crippen LogP contribution in [0.25, 0.3) is 0 Å². The minimum atomic E-state index is -1.08. The molecule has 0 unspecified atom stereocenters. The molecule has 0 spiro atoms. The summed E-state index contributed by atoms with van der Waals surface area (Å²) in [4.78, 5) is 25.3. The number of benzene rings is 1.